The third-order valence-electron chi connectivity index (χ3n) is 3.19. The minimum Gasteiger partial charge on any atom is -0.372 e. The first-order valence-corrected chi connectivity index (χ1v) is 8.83. The van der Waals surface area contributed by atoms with Gasteiger partial charge in [0.15, 0.2) is 5.96 Å². The van der Waals surface area contributed by atoms with Crippen LogP contribution in [-0.2, 0) is 10.2 Å². The van der Waals surface area contributed by atoms with Gasteiger partial charge in [-0.1, -0.05) is 19.9 Å². The molecule has 1 heterocycles. The van der Waals surface area contributed by atoms with Crippen LogP contribution in [0.15, 0.2) is 22.5 Å². The van der Waals surface area contributed by atoms with Crippen molar-refractivity contribution in [3.8, 4) is 0 Å². The molecule has 1 aromatic heterocycles. The van der Waals surface area contributed by atoms with Crippen molar-refractivity contribution in [3.05, 3.63) is 22.4 Å². The van der Waals surface area contributed by atoms with E-state index in [9.17, 15) is 13.2 Å². The van der Waals surface area contributed by atoms with Crippen LogP contribution in [0.25, 0.3) is 0 Å². The molecule has 0 unspecified atom stereocenters. The van der Waals surface area contributed by atoms with E-state index in [0.29, 0.717) is 25.5 Å². The maximum Gasteiger partial charge on any atom is 0.411 e. The number of nitrogens with zero attached hydrogens (tertiary/aromatic N) is 1. The molecule has 4 nitrogen and oxygen atoms in total. The number of aliphatic imine (C=N–C) groups is 1. The SMILES string of the molecule is CCNC(=NCC(C)(C)c1cccs1)NCCCOCC(F)(F)F.I. The van der Waals surface area contributed by atoms with Gasteiger partial charge in [-0.05, 0) is 24.8 Å². The molecule has 0 saturated heterocycles. The fraction of sp³-hybridized carbons (Fsp3) is 0.688. The Labute approximate surface area is 168 Å². The van der Waals surface area contributed by atoms with Gasteiger partial charge in [-0.15, -0.1) is 35.3 Å². The van der Waals surface area contributed by atoms with Crippen molar-refractivity contribution < 1.29 is 17.9 Å². The summed E-state index contributed by atoms with van der Waals surface area (Å²) in [5, 5.41) is 8.30. The molecule has 0 aliphatic rings. The monoisotopic (exact) mass is 493 g/mol. The number of hydrogen-bond acceptors (Lipinski definition) is 3. The normalized spacial score (nSPS) is 12.6. The Morgan fingerprint density at radius 1 is 1.28 bits per heavy atom. The zero-order chi connectivity index (χ0) is 18.1. The fourth-order valence-electron chi connectivity index (χ4n) is 1.93. The second-order valence-electron chi connectivity index (χ2n) is 6.00. The third-order valence-corrected chi connectivity index (χ3v) is 4.42. The molecule has 2 N–H and O–H groups in total. The van der Waals surface area contributed by atoms with E-state index >= 15 is 0 Å². The largest absolute Gasteiger partial charge is 0.411 e. The lowest BCUT2D eigenvalue weighted by molar-refractivity contribution is -0.173. The number of guanidine groups is 1. The van der Waals surface area contributed by atoms with Gasteiger partial charge in [-0.2, -0.15) is 13.2 Å². The lowest BCUT2D eigenvalue weighted by Gasteiger charge is -2.21. The quantitative estimate of drug-likeness (QED) is 0.235. The van der Waals surface area contributed by atoms with E-state index in [1.165, 1.54) is 4.88 Å². The number of hydrogen-bond donors (Lipinski definition) is 2. The lowest BCUT2D eigenvalue weighted by atomic mass is 9.92. The number of ether oxygens (including phenoxy) is 1. The van der Waals surface area contributed by atoms with Gasteiger partial charge >= 0.3 is 6.18 Å². The first kappa shape index (κ1) is 24.5. The van der Waals surface area contributed by atoms with Crippen molar-refractivity contribution in [2.45, 2.75) is 38.8 Å². The summed E-state index contributed by atoms with van der Waals surface area (Å²) in [5.74, 6) is 0.665. The molecule has 0 amide bonds. The molecule has 1 rings (SSSR count). The standard InChI is InChI=1S/C16H26F3N3OS.HI/c1-4-20-14(21-8-6-9-23-12-16(17,18)19)22-11-15(2,3)13-7-5-10-24-13;/h5,7,10H,4,6,8-9,11-12H2,1-3H3,(H2,20,21,22);1H. The Morgan fingerprint density at radius 3 is 2.56 bits per heavy atom. The summed E-state index contributed by atoms with van der Waals surface area (Å²) in [5.41, 5.74) is -0.0632. The average molecular weight is 493 g/mol. The topological polar surface area (TPSA) is 45.7 Å². The van der Waals surface area contributed by atoms with Gasteiger partial charge in [0.1, 0.15) is 6.61 Å². The molecular formula is C16H27F3IN3OS. The van der Waals surface area contributed by atoms with Gasteiger partial charge in [0, 0.05) is 30.0 Å². The smallest absolute Gasteiger partial charge is 0.372 e. The van der Waals surface area contributed by atoms with E-state index < -0.39 is 12.8 Å². The Morgan fingerprint density at radius 2 is 2.00 bits per heavy atom. The van der Waals surface area contributed by atoms with Gasteiger partial charge in [0.2, 0.25) is 0 Å². The zero-order valence-corrected chi connectivity index (χ0v) is 17.9. The molecule has 0 atom stereocenters. The number of alkyl halides is 3. The predicted molar refractivity (Wildman–Crippen MR) is 108 cm³/mol. The van der Waals surface area contributed by atoms with Crippen LogP contribution in [0.3, 0.4) is 0 Å². The highest BCUT2D eigenvalue weighted by Crippen LogP contribution is 2.27. The molecule has 0 saturated carbocycles. The maximum atomic E-state index is 12.0. The summed E-state index contributed by atoms with van der Waals surface area (Å²) in [6, 6.07) is 4.12. The number of nitrogens with one attached hydrogen (secondary N) is 2. The summed E-state index contributed by atoms with van der Waals surface area (Å²) in [4.78, 5) is 5.84. The lowest BCUT2D eigenvalue weighted by Crippen LogP contribution is -2.39. The average Bonchev–Trinajstić information content (AvgIpc) is 3.02. The van der Waals surface area contributed by atoms with Crippen LogP contribution in [0.4, 0.5) is 13.2 Å². The maximum absolute atomic E-state index is 12.0. The number of rotatable bonds is 9. The Hall–Kier alpha value is -0.550. The summed E-state index contributed by atoms with van der Waals surface area (Å²) in [7, 11) is 0. The van der Waals surface area contributed by atoms with Crippen molar-refractivity contribution >= 4 is 41.3 Å². The Bertz CT molecular complexity index is 493. The molecule has 1 aromatic rings. The van der Waals surface area contributed by atoms with Crippen molar-refractivity contribution in [2.24, 2.45) is 4.99 Å². The van der Waals surface area contributed by atoms with Crippen LogP contribution in [0, 0.1) is 0 Å². The van der Waals surface area contributed by atoms with Crippen molar-refractivity contribution in [1.29, 1.82) is 0 Å². The van der Waals surface area contributed by atoms with E-state index in [0.717, 1.165) is 6.54 Å². The van der Waals surface area contributed by atoms with Crippen LogP contribution < -0.4 is 10.6 Å². The second kappa shape index (κ2) is 11.9. The van der Waals surface area contributed by atoms with Crippen molar-refractivity contribution in [3.63, 3.8) is 0 Å². The van der Waals surface area contributed by atoms with Crippen LogP contribution >= 0.6 is 35.3 Å². The van der Waals surface area contributed by atoms with E-state index in [-0.39, 0.29) is 36.0 Å². The van der Waals surface area contributed by atoms with Crippen molar-refractivity contribution in [2.75, 3.05) is 32.8 Å². The first-order chi connectivity index (χ1) is 11.2. The summed E-state index contributed by atoms with van der Waals surface area (Å²) in [6.07, 6.45) is -3.79. The highest BCUT2D eigenvalue weighted by molar-refractivity contribution is 14.0. The van der Waals surface area contributed by atoms with E-state index in [1.54, 1.807) is 11.3 Å². The van der Waals surface area contributed by atoms with Crippen molar-refractivity contribution in [1.82, 2.24) is 10.6 Å². The predicted octanol–water partition coefficient (Wildman–Crippen LogP) is 4.17. The van der Waals surface area contributed by atoms with E-state index in [1.807, 2.05) is 18.4 Å². The summed E-state index contributed by atoms with van der Waals surface area (Å²) < 4.78 is 40.4. The highest BCUT2D eigenvalue weighted by Gasteiger charge is 2.27. The van der Waals surface area contributed by atoms with Gasteiger partial charge in [0.25, 0.3) is 0 Å². The van der Waals surface area contributed by atoms with Crippen LogP contribution in [0.5, 0.6) is 0 Å². The van der Waals surface area contributed by atoms with E-state index in [2.05, 4.69) is 40.3 Å². The molecule has 0 fully saturated rings. The van der Waals surface area contributed by atoms with Gasteiger partial charge in [0.05, 0.1) is 6.54 Å². The molecule has 0 aliphatic carbocycles. The molecule has 25 heavy (non-hydrogen) atoms. The van der Waals surface area contributed by atoms with E-state index in [4.69, 9.17) is 0 Å². The molecule has 0 bridgehead atoms. The number of halogens is 4. The van der Waals surface area contributed by atoms with Gasteiger partial charge < -0.3 is 15.4 Å². The van der Waals surface area contributed by atoms with Crippen LogP contribution in [-0.4, -0.2) is 45.0 Å². The Balaban J connectivity index is 0.00000576. The summed E-state index contributed by atoms with van der Waals surface area (Å²) >= 11 is 1.71. The highest BCUT2D eigenvalue weighted by atomic mass is 127. The molecule has 0 spiro atoms. The summed E-state index contributed by atoms with van der Waals surface area (Å²) in [6.45, 7) is 6.94. The van der Waals surface area contributed by atoms with Crippen LogP contribution in [0.1, 0.15) is 32.1 Å². The minimum atomic E-state index is -4.27. The minimum absolute atomic E-state index is 0. The first-order valence-electron chi connectivity index (χ1n) is 7.95. The molecule has 9 heteroatoms. The Kier molecular flexibility index (Phi) is 11.7. The third kappa shape index (κ3) is 10.9. The molecular weight excluding hydrogens is 466 g/mol. The fourth-order valence-corrected chi connectivity index (χ4v) is 2.77. The molecule has 0 radical (unpaired) electrons. The molecule has 0 aromatic carbocycles. The van der Waals surface area contributed by atoms with Gasteiger partial charge in [-0.25, -0.2) is 0 Å². The molecule has 146 valence electrons. The van der Waals surface area contributed by atoms with Crippen LogP contribution in [0.2, 0.25) is 0 Å². The molecule has 0 aliphatic heterocycles. The zero-order valence-electron chi connectivity index (χ0n) is 14.8. The number of thiophene rings is 1. The van der Waals surface area contributed by atoms with Gasteiger partial charge in [-0.3, -0.25) is 4.99 Å². The second-order valence-corrected chi connectivity index (χ2v) is 6.95.